The van der Waals surface area contributed by atoms with Crippen LogP contribution in [0.1, 0.15) is 23.6 Å². The number of hydrogen-bond acceptors (Lipinski definition) is 1. The van der Waals surface area contributed by atoms with Gasteiger partial charge in [0.25, 0.3) is 0 Å². The number of hydrogen-bond donors (Lipinski definition) is 0. The molecule has 0 amide bonds. The summed E-state index contributed by atoms with van der Waals surface area (Å²) in [7, 11) is 0. The summed E-state index contributed by atoms with van der Waals surface area (Å²) in [5.41, 5.74) is 4.80. The lowest BCUT2D eigenvalue weighted by molar-refractivity contribution is 0.340. The minimum atomic E-state index is 0.685. The molecule has 0 aliphatic heterocycles. The standard InChI is InChI=1S/C22H20O/c1-2-23-21-15-13-20(14-16-21)22(19-11-7-4-8-12-19)17-18-9-5-3-6-10-18/h3-17H,2H2,1H3. The predicted octanol–water partition coefficient (Wildman–Crippen LogP) is 5.67. The third-order valence-corrected chi connectivity index (χ3v) is 3.67. The normalized spacial score (nSPS) is 11.3. The van der Waals surface area contributed by atoms with E-state index in [9.17, 15) is 0 Å². The summed E-state index contributed by atoms with van der Waals surface area (Å²) < 4.78 is 5.55. The summed E-state index contributed by atoms with van der Waals surface area (Å²) in [6.45, 7) is 2.68. The van der Waals surface area contributed by atoms with Gasteiger partial charge in [0.05, 0.1) is 6.61 Å². The van der Waals surface area contributed by atoms with Crippen LogP contribution in [0.5, 0.6) is 5.75 Å². The average molecular weight is 300 g/mol. The van der Waals surface area contributed by atoms with Gasteiger partial charge in [0.2, 0.25) is 0 Å². The van der Waals surface area contributed by atoms with E-state index in [2.05, 4.69) is 66.7 Å². The molecule has 0 atom stereocenters. The minimum absolute atomic E-state index is 0.685. The zero-order chi connectivity index (χ0) is 15.9. The Bertz CT molecular complexity index is 756. The van der Waals surface area contributed by atoms with Crippen LogP contribution in [0.2, 0.25) is 0 Å². The van der Waals surface area contributed by atoms with E-state index in [-0.39, 0.29) is 0 Å². The van der Waals surface area contributed by atoms with Gasteiger partial charge in [-0.15, -0.1) is 0 Å². The minimum Gasteiger partial charge on any atom is -0.494 e. The lowest BCUT2D eigenvalue weighted by Crippen LogP contribution is -1.92. The van der Waals surface area contributed by atoms with Crippen molar-refractivity contribution < 1.29 is 4.74 Å². The molecule has 0 saturated carbocycles. The molecule has 0 aromatic heterocycles. The van der Waals surface area contributed by atoms with Crippen molar-refractivity contribution in [3.05, 3.63) is 102 Å². The first-order valence-electron chi connectivity index (χ1n) is 7.92. The maximum absolute atomic E-state index is 5.55. The van der Waals surface area contributed by atoms with Crippen molar-refractivity contribution in [3.8, 4) is 5.75 Å². The Labute approximate surface area is 137 Å². The Balaban J connectivity index is 2.03. The van der Waals surface area contributed by atoms with Crippen LogP contribution in [-0.4, -0.2) is 6.61 Å². The van der Waals surface area contributed by atoms with E-state index >= 15 is 0 Å². The molecule has 1 nitrogen and oxygen atoms in total. The van der Waals surface area contributed by atoms with Gasteiger partial charge in [0.1, 0.15) is 5.75 Å². The topological polar surface area (TPSA) is 9.23 Å². The molecular weight excluding hydrogens is 280 g/mol. The van der Waals surface area contributed by atoms with Crippen LogP contribution in [0.15, 0.2) is 84.9 Å². The highest BCUT2D eigenvalue weighted by Gasteiger charge is 2.05. The zero-order valence-electron chi connectivity index (χ0n) is 13.3. The van der Waals surface area contributed by atoms with Gasteiger partial charge in [-0.1, -0.05) is 72.8 Å². The molecule has 23 heavy (non-hydrogen) atoms. The van der Waals surface area contributed by atoms with Crippen molar-refractivity contribution in [2.75, 3.05) is 6.61 Å². The van der Waals surface area contributed by atoms with Crippen molar-refractivity contribution >= 4 is 11.6 Å². The summed E-state index contributed by atoms with van der Waals surface area (Å²) in [6.07, 6.45) is 2.23. The van der Waals surface area contributed by atoms with Gasteiger partial charge in [0.15, 0.2) is 0 Å². The summed E-state index contributed by atoms with van der Waals surface area (Å²) in [6, 6.07) is 29.2. The molecule has 0 aliphatic rings. The lowest BCUT2D eigenvalue weighted by atomic mass is 9.95. The molecule has 0 N–H and O–H groups in total. The van der Waals surface area contributed by atoms with Gasteiger partial charge >= 0.3 is 0 Å². The quantitative estimate of drug-likeness (QED) is 0.551. The molecule has 0 radical (unpaired) electrons. The summed E-state index contributed by atoms with van der Waals surface area (Å²) in [5, 5.41) is 0. The monoisotopic (exact) mass is 300 g/mol. The van der Waals surface area contributed by atoms with E-state index in [1.165, 1.54) is 22.3 Å². The average Bonchev–Trinajstić information content (AvgIpc) is 2.62. The third-order valence-electron chi connectivity index (χ3n) is 3.67. The summed E-state index contributed by atoms with van der Waals surface area (Å²) in [5.74, 6) is 0.906. The maximum atomic E-state index is 5.55. The molecule has 0 saturated heterocycles. The second-order valence-electron chi connectivity index (χ2n) is 5.29. The Hall–Kier alpha value is -2.80. The summed E-state index contributed by atoms with van der Waals surface area (Å²) in [4.78, 5) is 0. The Morgan fingerprint density at radius 2 is 1.30 bits per heavy atom. The Morgan fingerprint density at radius 1 is 0.739 bits per heavy atom. The van der Waals surface area contributed by atoms with Crippen molar-refractivity contribution in [1.82, 2.24) is 0 Å². The van der Waals surface area contributed by atoms with Gasteiger partial charge in [-0.2, -0.15) is 0 Å². The lowest BCUT2D eigenvalue weighted by Gasteiger charge is -2.10. The van der Waals surface area contributed by atoms with Crippen LogP contribution >= 0.6 is 0 Å². The van der Waals surface area contributed by atoms with Crippen molar-refractivity contribution in [1.29, 1.82) is 0 Å². The van der Waals surface area contributed by atoms with Crippen LogP contribution in [0.4, 0.5) is 0 Å². The van der Waals surface area contributed by atoms with Gasteiger partial charge in [-0.3, -0.25) is 0 Å². The van der Waals surface area contributed by atoms with E-state index in [1.807, 2.05) is 31.2 Å². The maximum Gasteiger partial charge on any atom is 0.119 e. The first kappa shape index (κ1) is 15.1. The molecule has 0 unspecified atom stereocenters. The fourth-order valence-electron chi connectivity index (χ4n) is 2.56. The fourth-order valence-corrected chi connectivity index (χ4v) is 2.56. The van der Waals surface area contributed by atoms with E-state index in [0.717, 1.165) is 5.75 Å². The Kier molecular flexibility index (Phi) is 4.90. The van der Waals surface area contributed by atoms with Crippen LogP contribution in [0.25, 0.3) is 11.6 Å². The zero-order valence-corrected chi connectivity index (χ0v) is 13.3. The first-order chi connectivity index (χ1) is 11.4. The van der Waals surface area contributed by atoms with Crippen LogP contribution < -0.4 is 4.74 Å². The van der Waals surface area contributed by atoms with E-state index in [1.54, 1.807) is 0 Å². The molecule has 3 rings (SSSR count). The predicted molar refractivity (Wildman–Crippen MR) is 97.5 cm³/mol. The third kappa shape index (κ3) is 3.89. The number of rotatable bonds is 5. The van der Waals surface area contributed by atoms with E-state index < -0.39 is 0 Å². The highest BCUT2D eigenvalue weighted by atomic mass is 16.5. The second-order valence-corrected chi connectivity index (χ2v) is 5.29. The van der Waals surface area contributed by atoms with E-state index in [0.29, 0.717) is 6.61 Å². The molecular formula is C22H20O. The van der Waals surface area contributed by atoms with Crippen LogP contribution in [-0.2, 0) is 0 Å². The van der Waals surface area contributed by atoms with Gasteiger partial charge in [0, 0.05) is 0 Å². The van der Waals surface area contributed by atoms with Gasteiger partial charge in [-0.05, 0) is 47.4 Å². The largest absolute Gasteiger partial charge is 0.494 e. The Morgan fingerprint density at radius 3 is 1.91 bits per heavy atom. The van der Waals surface area contributed by atoms with E-state index in [4.69, 9.17) is 4.74 Å². The molecule has 0 heterocycles. The van der Waals surface area contributed by atoms with Crippen molar-refractivity contribution in [2.24, 2.45) is 0 Å². The van der Waals surface area contributed by atoms with Crippen LogP contribution in [0, 0.1) is 0 Å². The fraction of sp³-hybridized carbons (Fsp3) is 0.0909. The molecule has 1 heteroatoms. The van der Waals surface area contributed by atoms with Crippen LogP contribution in [0.3, 0.4) is 0 Å². The molecule has 0 spiro atoms. The molecule has 0 fully saturated rings. The summed E-state index contributed by atoms with van der Waals surface area (Å²) >= 11 is 0. The SMILES string of the molecule is CCOc1ccc(C(=Cc2ccccc2)c2ccccc2)cc1. The second kappa shape index (κ2) is 7.46. The molecule has 3 aromatic rings. The highest BCUT2D eigenvalue weighted by molar-refractivity contribution is 5.91. The molecule has 3 aromatic carbocycles. The molecule has 114 valence electrons. The smallest absolute Gasteiger partial charge is 0.119 e. The molecule has 0 bridgehead atoms. The highest BCUT2D eigenvalue weighted by Crippen LogP contribution is 2.27. The van der Waals surface area contributed by atoms with Crippen molar-refractivity contribution in [2.45, 2.75) is 6.92 Å². The number of ether oxygens (including phenoxy) is 1. The molecule has 0 aliphatic carbocycles. The van der Waals surface area contributed by atoms with Gasteiger partial charge in [-0.25, -0.2) is 0 Å². The first-order valence-corrected chi connectivity index (χ1v) is 7.92. The van der Waals surface area contributed by atoms with Crippen molar-refractivity contribution in [3.63, 3.8) is 0 Å². The van der Waals surface area contributed by atoms with Gasteiger partial charge < -0.3 is 4.74 Å². The number of benzene rings is 3.